The van der Waals surface area contributed by atoms with E-state index in [9.17, 15) is 0 Å². The fourth-order valence-electron chi connectivity index (χ4n) is 1.95. The van der Waals surface area contributed by atoms with Gasteiger partial charge in [-0.05, 0) is 18.1 Å². The van der Waals surface area contributed by atoms with Gasteiger partial charge in [0.05, 0.1) is 25.8 Å². The maximum Gasteiger partial charge on any atom is 0.127 e. The van der Waals surface area contributed by atoms with Crippen molar-refractivity contribution in [2.75, 3.05) is 14.2 Å². The minimum Gasteiger partial charge on any atom is -0.496 e. The van der Waals surface area contributed by atoms with Crippen molar-refractivity contribution in [3.05, 3.63) is 23.8 Å². The van der Waals surface area contributed by atoms with Gasteiger partial charge in [-0.15, -0.1) is 0 Å². The molecule has 0 heterocycles. The van der Waals surface area contributed by atoms with Crippen LogP contribution in [0.3, 0.4) is 0 Å². The van der Waals surface area contributed by atoms with E-state index in [0.717, 1.165) is 23.5 Å². The predicted octanol–water partition coefficient (Wildman–Crippen LogP) is 2.25. The van der Waals surface area contributed by atoms with E-state index in [1.807, 2.05) is 18.2 Å². The summed E-state index contributed by atoms with van der Waals surface area (Å²) in [6.45, 7) is 4.29. The van der Waals surface area contributed by atoms with Gasteiger partial charge in [-0.2, -0.15) is 0 Å². The van der Waals surface area contributed by atoms with Gasteiger partial charge in [-0.3, -0.25) is 11.3 Å². The molecule has 0 saturated heterocycles. The van der Waals surface area contributed by atoms with Gasteiger partial charge in [0.25, 0.3) is 0 Å². The van der Waals surface area contributed by atoms with E-state index in [2.05, 4.69) is 19.3 Å². The first-order valence-electron chi connectivity index (χ1n) is 5.86. The van der Waals surface area contributed by atoms with E-state index in [0.29, 0.717) is 5.92 Å². The van der Waals surface area contributed by atoms with Gasteiger partial charge in [0, 0.05) is 0 Å². The lowest BCUT2D eigenvalue weighted by Gasteiger charge is -2.26. The summed E-state index contributed by atoms with van der Waals surface area (Å²) < 4.78 is 10.8. The topological polar surface area (TPSA) is 56.5 Å². The second-order valence-corrected chi connectivity index (χ2v) is 4.11. The molecular formula is C13H22N2O2. The molecule has 96 valence electrons. The van der Waals surface area contributed by atoms with Crippen LogP contribution < -0.4 is 20.7 Å². The van der Waals surface area contributed by atoms with E-state index in [1.54, 1.807) is 14.2 Å². The zero-order valence-corrected chi connectivity index (χ0v) is 11.0. The Morgan fingerprint density at radius 3 is 2.12 bits per heavy atom. The molecule has 0 aromatic heterocycles. The largest absolute Gasteiger partial charge is 0.496 e. The summed E-state index contributed by atoms with van der Waals surface area (Å²) in [5.41, 5.74) is 3.84. The molecule has 4 nitrogen and oxygen atoms in total. The third-order valence-electron chi connectivity index (χ3n) is 3.17. The normalized spacial score (nSPS) is 14.2. The Morgan fingerprint density at radius 2 is 1.76 bits per heavy atom. The molecule has 1 aromatic carbocycles. The van der Waals surface area contributed by atoms with Crippen LogP contribution in [0, 0.1) is 5.92 Å². The average Bonchev–Trinajstić information content (AvgIpc) is 2.39. The van der Waals surface area contributed by atoms with Crippen LogP contribution in [-0.2, 0) is 0 Å². The number of nitrogens with two attached hydrogens (primary N) is 1. The fourth-order valence-corrected chi connectivity index (χ4v) is 1.95. The molecule has 0 aliphatic heterocycles. The zero-order valence-electron chi connectivity index (χ0n) is 11.0. The molecule has 0 spiro atoms. The van der Waals surface area contributed by atoms with Crippen molar-refractivity contribution in [2.24, 2.45) is 11.8 Å². The van der Waals surface area contributed by atoms with Crippen molar-refractivity contribution in [1.29, 1.82) is 0 Å². The van der Waals surface area contributed by atoms with E-state index >= 15 is 0 Å². The summed E-state index contributed by atoms with van der Waals surface area (Å²) >= 11 is 0. The second-order valence-electron chi connectivity index (χ2n) is 4.11. The molecule has 0 fully saturated rings. The smallest absolute Gasteiger partial charge is 0.127 e. The second kappa shape index (κ2) is 6.47. The van der Waals surface area contributed by atoms with Crippen molar-refractivity contribution >= 4 is 0 Å². The SMILES string of the molecule is CCC(C)C(NN)c1c(OC)cccc1OC. The molecule has 1 aromatic rings. The molecule has 0 aliphatic rings. The third kappa shape index (κ3) is 2.90. The maximum absolute atomic E-state index is 5.67. The molecule has 2 atom stereocenters. The van der Waals surface area contributed by atoms with Crippen LogP contribution in [0.1, 0.15) is 31.9 Å². The van der Waals surface area contributed by atoms with E-state index in [4.69, 9.17) is 15.3 Å². The average molecular weight is 238 g/mol. The minimum absolute atomic E-state index is 0.0195. The molecule has 0 amide bonds. The first-order chi connectivity index (χ1) is 8.19. The highest BCUT2D eigenvalue weighted by atomic mass is 16.5. The quantitative estimate of drug-likeness (QED) is 0.589. The highest BCUT2D eigenvalue weighted by Crippen LogP contribution is 2.37. The van der Waals surface area contributed by atoms with Crippen LogP contribution in [0.25, 0.3) is 0 Å². The standard InChI is InChI=1S/C13H22N2O2/c1-5-9(2)13(15-14)12-10(16-3)7-6-8-11(12)17-4/h6-9,13,15H,5,14H2,1-4H3. The van der Waals surface area contributed by atoms with E-state index in [-0.39, 0.29) is 6.04 Å². The molecule has 1 rings (SSSR count). The monoisotopic (exact) mass is 238 g/mol. The Hall–Kier alpha value is -1.26. The Morgan fingerprint density at radius 1 is 1.24 bits per heavy atom. The highest BCUT2D eigenvalue weighted by Gasteiger charge is 2.24. The molecule has 0 aliphatic carbocycles. The van der Waals surface area contributed by atoms with Crippen LogP contribution in [0.5, 0.6) is 11.5 Å². The zero-order chi connectivity index (χ0) is 12.8. The molecule has 4 heteroatoms. The minimum atomic E-state index is 0.0195. The highest BCUT2D eigenvalue weighted by molar-refractivity contribution is 5.47. The van der Waals surface area contributed by atoms with Gasteiger partial charge >= 0.3 is 0 Å². The van der Waals surface area contributed by atoms with Crippen LogP contribution in [0.4, 0.5) is 0 Å². The number of ether oxygens (including phenoxy) is 2. The molecule has 3 N–H and O–H groups in total. The number of nitrogens with one attached hydrogen (secondary N) is 1. The number of hydrogen-bond acceptors (Lipinski definition) is 4. The van der Waals surface area contributed by atoms with Crippen molar-refractivity contribution in [1.82, 2.24) is 5.43 Å². The molecule has 0 radical (unpaired) electrons. The Balaban J connectivity index is 3.24. The lowest BCUT2D eigenvalue weighted by molar-refractivity contribution is 0.332. The van der Waals surface area contributed by atoms with Crippen LogP contribution >= 0.6 is 0 Å². The van der Waals surface area contributed by atoms with Crippen molar-refractivity contribution in [2.45, 2.75) is 26.3 Å². The van der Waals surface area contributed by atoms with Crippen LogP contribution in [-0.4, -0.2) is 14.2 Å². The summed E-state index contributed by atoms with van der Waals surface area (Å²) in [5.74, 6) is 7.66. The number of rotatable bonds is 6. The molecule has 0 bridgehead atoms. The van der Waals surface area contributed by atoms with E-state index in [1.165, 1.54) is 0 Å². The van der Waals surface area contributed by atoms with Gasteiger partial charge in [-0.25, -0.2) is 0 Å². The maximum atomic E-state index is 5.67. The molecule has 0 saturated carbocycles. The van der Waals surface area contributed by atoms with Gasteiger partial charge < -0.3 is 9.47 Å². The van der Waals surface area contributed by atoms with Gasteiger partial charge in [0.1, 0.15) is 11.5 Å². The van der Waals surface area contributed by atoms with E-state index < -0.39 is 0 Å². The van der Waals surface area contributed by atoms with Crippen LogP contribution in [0.2, 0.25) is 0 Å². The summed E-state index contributed by atoms with van der Waals surface area (Å²) in [6.07, 6.45) is 1.02. The Labute approximate surface area is 103 Å². The summed E-state index contributed by atoms with van der Waals surface area (Å²) in [7, 11) is 3.31. The number of hydrazine groups is 1. The van der Waals surface area contributed by atoms with Gasteiger partial charge in [0.15, 0.2) is 0 Å². The summed E-state index contributed by atoms with van der Waals surface area (Å²) in [6, 6.07) is 5.77. The summed E-state index contributed by atoms with van der Waals surface area (Å²) in [4.78, 5) is 0. The first-order valence-corrected chi connectivity index (χ1v) is 5.86. The Bertz CT molecular complexity index is 333. The predicted molar refractivity (Wildman–Crippen MR) is 69.1 cm³/mol. The van der Waals surface area contributed by atoms with Gasteiger partial charge in [0.2, 0.25) is 0 Å². The van der Waals surface area contributed by atoms with Crippen molar-refractivity contribution in [3.8, 4) is 11.5 Å². The molecule has 17 heavy (non-hydrogen) atoms. The van der Waals surface area contributed by atoms with Crippen molar-refractivity contribution in [3.63, 3.8) is 0 Å². The lowest BCUT2D eigenvalue weighted by Crippen LogP contribution is -2.33. The van der Waals surface area contributed by atoms with Crippen molar-refractivity contribution < 1.29 is 9.47 Å². The van der Waals surface area contributed by atoms with Gasteiger partial charge in [-0.1, -0.05) is 26.3 Å². The molecular weight excluding hydrogens is 216 g/mol. The Kier molecular flexibility index (Phi) is 5.25. The number of benzene rings is 1. The number of hydrogen-bond donors (Lipinski definition) is 2. The van der Waals surface area contributed by atoms with Crippen LogP contribution in [0.15, 0.2) is 18.2 Å². The number of methoxy groups -OCH3 is 2. The first kappa shape index (κ1) is 13.8. The summed E-state index contributed by atoms with van der Waals surface area (Å²) in [5, 5.41) is 0. The third-order valence-corrected chi connectivity index (χ3v) is 3.17. The molecule has 2 unspecified atom stereocenters. The fraction of sp³-hybridized carbons (Fsp3) is 0.538. The lowest BCUT2D eigenvalue weighted by atomic mass is 9.91.